The monoisotopic (exact) mass is 1550 g/mol. The van der Waals surface area contributed by atoms with E-state index in [9.17, 15) is 75.9 Å². The van der Waals surface area contributed by atoms with Gasteiger partial charge in [0.05, 0.1) is 0 Å². The second kappa shape index (κ2) is 39.4. The number of nitrogens with two attached hydrogens (primary N) is 1. The maximum Gasteiger partial charge on any atom is 0.329 e. The van der Waals surface area contributed by atoms with Crippen LogP contribution >= 0.6 is 0 Å². The highest BCUT2D eigenvalue weighted by Crippen LogP contribution is 2.33. The molecule has 0 bridgehead atoms. The number of anilines is 1. The molecule has 16 atom stereocenters. The quantitative estimate of drug-likeness (QED) is 0.0482. The Morgan fingerprint density at radius 3 is 1.26 bits per heavy atom. The Morgan fingerprint density at radius 1 is 0.486 bits per heavy atom. The zero-order chi connectivity index (χ0) is 80.5. The van der Waals surface area contributed by atoms with Crippen LogP contribution in [0.4, 0.5) is 14.5 Å². The lowest BCUT2D eigenvalue weighted by molar-refractivity contribution is -0.163. The molecule has 0 saturated carbocycles. The molecular weight excluding hydrogens is 1440 g/mol. The number of nitrogen functional groups attached to an aromatic ring is 1. The Kier molecular flexibility index (Phi) is 30.2. The van der Waals surface area contributed by atoms with E-state index in [2.05, 4.69) is 31.9 Å². The van der Waals surface area contributed by atoms with Gasteiger partial charge in [-0.1, -0.05) is 77.7 Å². The van der Waals surface area contributed by atoms with Gasteiger partial charge in [0.25, 0.3) is 0 Å². The van der Waals surface area contributed by atoms with Gasteiger partial charge in [0, 0.05) is 63.9 Å². The van der Waals surface area contributed by atoms with Crippen molar-refractivity contribution in [3.05, 3.63) is 89.5 Å². The predicted octanol–water partition coefficient (Wildman–Crippen LogP) is 3.87. The van der Waals surface area contributed by atoms with Crippen molar-refractivity contribution in [3.63, 3.8) is 0 Å². The Labute approximate surface area is 647 Å². The fourth-order valence-corrected chi connectivity index (χ4v) is 16.1. The van der Waals surface area contributed by atoms with Gasteiger partial charge in [-0.05, 0) is 177 Å². The standard InChI is InChI=1S/C40H54F2N6O8.C40H57N7O8/c1-5-6-7-8-13-33(49)44-29(21-26-19-27(41)22-28(42)20-26)35(50)45-34-25(4)56-40(55)31-12-10-16-47(31)37(52)24(3)43-36(51)32-18-23(2)14-17-48(32)38(53)30-11-9-15-46(30)39(34)54;1-5-6-7-8-16-33(48)43-29(23-27-12-9-13-28(41)22-27)35(49)44-34-26(4)55-40(54)31-15-11-19-46(31)37(51)25(3)42-36(50)32-21-24(2)17-20-47(32)38(52)30-14-10-18-45(30)39(34)53/h8,13,19-20,22-25,29-32,34H,5-7,9-12,14-18,21H2,1-4H3,(H,43,51)(H,44,49)(H,45,50);8-9,12-13,16,22,24-26,29-32,34H,5-7,10-11,14-15,17-21,23,41H2,1-4H3,(H,42,50)(H,43,48)(H,44,49)/b13-8+;16-8+/t23?,24-,25-,29-,30-,31-,32-,34-;24?,25-,26-,29-,30-,31-,32-,34-/m00/s1. The zero-order valence-electron chi connectivity index (χ0n) is 65.0. The first-order valence-electron chi connectivity index (χ1n) is 39.7. The molecule has 2 unspecified atom stereocenters. The highest BCUT2D eigenvalue weighted by molar-refractivity contribution is 6.01. The average Bonchev–Trinajstić information content (AvgIpc) is 1.77. The number of amides is 12. The summed E-state index contributed by atoms with van der Waals surface area (Å²) in [6, 6.07) is -3.63. The third-order valence-electron chi connectivity index (χ3n) is 22.3. The van der Waals surface area contributed by atoms with Crippen molar-refractivity contribution < 1.29 is 85.4 Å². The maximum atomic E-state index is 14.7. The molecule has 8 saturated heterocycles. The second-order valence-corrected chi connectivity index (χ2v) is 31.0. The average molecular weight is 1550 g/mol. The van der Waals surface area contributed by atoms with Crippen molar-refractivity contribution in [2.75, 3.05) is 45.0 Å². The molecule has 606 valence electrons. The molecule has 111 heavy (non-hydrogen) atoms. The van der Waals surface area contributed by atoms with Crippen molar-refractivity contribution >= 4 is 88.5 Å². The van der Waals surface area contributed by atoms with Crippen LogP contribution in [0.2, 0.25) is 0 Å². The van der Waals surface area contributed by atoms with Gasteiger partial charge in [-0.25, -0.2) is 18.4 Å². The molecule has 8 N–H and O–H groups in total. The molecule has 0 spiro atoms. The van der Waals surface area contributed by atoms with Gasteiger partial charge in [0.2, 0.25) is 70.9 Å². The van der Waals surface area contributed by atoms with Gasteiger partial charge < -0.3 is 76.5 Å². The van der Waals surface area contributed by atoms with Gasteiger partial charge in [-0.2, -0.15) is 0 Å². The number of halogens is 2. The fraction of sp³-hybridized carbons (Fsp3) is 0.625. The minimum absolute atomic E-state index is 0.0412. The highest BCUT2D eigenvalue weighted by atomic mass is 19.1. The number of carbonyl (C=O) groups excluding carboxylic acids is 14. The Morgan fingerprint density at radius 2 is 0.865 bits per heavy atom. The number of ether oxygens (including phenoxy) is 2. The molecule has 2 aromatic carbocycles. The zero-order valence-corrected chi connectivity index (χ0v) is 65.0. The number of rotatable bonds is 18. The number of hydrogen-bond donors (Lipinski definition) is 7. The van der Waals surface area contributed by atoms with Crippen LogP contribution < -0.4 is 37.6 Å². The van der Waals surface area contributed by atoms with Gasteiger partial charge in [0.15, 0.2) is 0 Å². The summed E-state index contributed by atoms with van der Waals surface area (Å²) in [7, 11) is 0. The van der Waals surface area contributed by atoms with E-state index in [1.807, 2.05) is 27.7 Å². The molecule has 8 aliphatic rings. The van der Waals surface area contributed by atoms with E-state index in [1.165, 1.54) is 62.3 Å². The normalized spacial score (nSPS) is 28.5. The number of hydrogen-bond acceptors (Lipinski definition) is 17. The van der Waals surface area contributed by atoms with Crippen molar-refractivity contribution in [1.29, 1.82) is 0 Å². The summed E-state index contributed by atoms with van der Waals surface area (Å²) < 4.78 is 40.2. The maximum absolute atomic E-state index is 14.7. The molecule has 0 aromatic heterocycles. The SMILES string of the molecule is CCCC/C=C/C(=O)N[C@@H](Cc1cc(F)cc(F)c1)C(=O)N[C@@H]1C(=O)N2CCC[C@H]2C(=O)N2CCC(C)C[C@H]2C(=O)N[C@@H](C)C(=O)N2CCC[C@H]2C(=O)O[C@H]1C.CCCC/C=C/C(=O)N[C@@H](Cc1cccc(N)c1)C(=O)N[C@@H]1C(=O)N2CCC[C@H]2C(=O)N2CCC(C)C[C@H]2C(=O)N[C@@H](C)C(=O)N2CCC[C@H]2C(=O)O[C@H]1C. The van der Waals surface area contributed by atoms with Crippen molar-refractivity contribution in [1.82, 2.24) is 61.3 Å². The summed E-state index contributed by atoms with van der Waals surface area (Å²) in [6.07, 6.45) is 13.2. The molecule has 31 heteroatoms. The lowest BCUT2D eigenvalue weighted by Gasteiger charge is -2.41. The first kappa shape index (κ1) is 85.2. The van der Waals surface area contributed by atoms with E-state index in [1.54, 1.807) is 43.3 Å². The largest absolute Gasteiger partial charge is 0.458 e. The third-order valence-corrected chi connectivity index (χ3v) is 22.3. The van der Waals surface area contributed by atoms with E-state index in [0.29, 0.717) is 101 Å². The summed E-state index contributed by atoms with van der Waals surface area (Å²) >= 11 is 0. The van der Waals surface area contributed by atoms with Crippen molar-refractivity contribution in [3.8, 4) is 0 Å². The number of nitrogens with zero attached hydrogens (tertiary/aromatic N) is 6. The lowest BCUT2D eigenvalue weighted by atomic mass is 9.91. The first-order chi connectivity index (χ1) is 53.0. The molecule has 2 aromatic rings. The third kappa shape index (κ3) is 21.9. The minimum Gasteiger partial charge on any atom is -0.458 e. The molecule has 10 rings (SSSR count). The number of nitrogens with one attached hydrogen (secondary N) is 6. The minimum atomic E-state index is -1.58. The van der Waals surface area contributed by atoms with Gasteiger partial charge in [-0.3, -0.25) is 57.5 Å². The summed E-state index contributed by atoms with van der Waals surface area (Å²) in [6.45, 7) is 15.4. The summed E-state index contributed by atoms with van der Waals surface area (Å²) in [5.41, 5.74) is 7.21. The van der Waals surface area contributed by atoms with E-state index >= 15 is 0 Å². The van der Waals surface area contributed by atoms with Gasteiger partial charge in [0.1, 0.15) is 96.3 Å². The number of piperidine rings is 2. The Balaban J connectivity index is 0.000000255. The van der Waals surface area contributed by atoms with Crippen LogP contribution in [-0.4, -0.2) is 236 Å². The molecule has 8 aliphatic heterocycles. The number of allylic oxidation sites excluding steroid dienone is 2. The van der Waals surface area contributed by atoms with E-state index in [4.69, 9.17) is 15.2 Å². The molecule has 12 amide bonds. The van der Waals surface area contributed by atoms with Crippen molar-refractivity contribution in [2.24, 2.45) is 11.8 Å². The smallest absolute Gasteiger partial charge is 0.329 e. The number of benzene rings is 2. The fourth-order valence-electron chi connectivity index (χ4n) is 16.1. The van der Waals surface area contributed by atoms with Crippen LogP contribution in [0, 0.1) is 23.5 Å². The van der Waals surface area contributed by atoms with Gasteiger partial charge in [-0.15, -0.1) is 0 Å². The molecule has 29 nitrogen and oxygen atoms in total. The number of cyclic esters (lactones) is 2. The Hall–Kier alpha value is -9.84. The molecular formula is C80H111F2N13O16. The molecule has 0 radical (unpaired) electrons. The van der Waals surface area contributed by atoms with Crippen LogP contribution in [0.15, 0.2) is 66.8 Å². The number of unbranched alkanes of at least 4 members (excludes halogenated alkanes) is 4. The molecule has 8 fully saturated rings. The second-order valence-electron chi connectivity index (χ2n) is 31.0. The van der Waals surface area contributed by atoms with Crippen LogP contribution in [0.5, 0.6) is 0 Å². The number of esters is 2. The first-order valence-corrected chi connectivity index (χ1v) is 39.7. The highest BCUT2D eigenvalue weighted by Gasteiger charge is 2.50. The van der Waals surface area contributed by atoms with E-state index < -0.39 is 173 Å². The summed E-state index contributed by atoms with van der Waals surface area (Å²) in [5.74, 6) is -9.99. The van der Waals surface area contributed by atoms with E-state index in [0.717, 1.165) is 37.8 Å². The van der Waals surface area contributed by atoms with Crippen LogP contribution in [0.3, 0.4) is 0 Å². The van der Waals surface area contributed by atoms with E-state index in [-0.39, 0.29) is 81.7 Å². The van der Waals surface area contributed by atoms with Crippen molar-refractivity contribution in [2.45, 2.75) is 269 Å². The van der Waals surface area contributed by atoms with Crippen LogP contribution in [0.25, 0.3) is 0 Å². The van der Waals surface area contributed by atoms with Crippen LogP contribution in [-0.2, 0) is 89.4 Å². The molecule has 8 heterocycles. The number of carbonyl (C=O) groups is 14. The number of fused-ring (bicyclic) bond motifs is 6. The topological polar surface area (TPSA) is 375 Å². The summed E-state index contributed by atoms with van der Waals surface area (Å²) in [4.78, 5) is 203. The summed E-state index contributed by atoms with van der Waals surface area (Å²) in [5, 5.41) is 16.3. The lowest BCUT2D eigenvalue weighted by Crippen LogP contribution is -2.63. The molecule has 0 aliphatic carbocycles. The predicted molar refractivity (Wildman–Crippen MR) is 403 cm³/mol. The Bertz CT molecular complexity index is 3820. The van der Waals surface area contributed by atoms with Gasteiger partial charge >= 0.3 is 11.9 Å². The van der Waals surface area contributed by atoms with Crippen LogP contribution in [0.1, 0.15) is 182 Å².